The molecule has 1 aliphatic rings. The van der Waals surface area contributed by atoms with Gasteiger partial charge in [-0.15, -0.1) is 10.2 Å². The van der Waals surface area contributed by atoms with Crippen molar-refractivity contribution in [2.45, 2.75) is 19.4 Å². The highest BCUT2D eigenvalue weighted by Crippen LogP contribution is 2.30. The molecule has 0 spiro atoms. The maximum Gasteiger partial charge on any atom is 0.414 e. The predicted molar refractivity (Wildman–Crippen MR) is 109 cm³/mol. The topological polar surface area (TPSA) is 134 Å². The van der Waals surface area contributed by atoms with Gasteiger partial charge >= 0.3 is 6.09 Å². The van der Waals surface area contributed by atoms with Crippen LogP contribution in [0.3, 0.4) is 0 Å². The lowest BCUT2D eigenvalue weighted by atomic mass is 10.2. The minimum absolute atomic E-state index is 0.0354. The highest BCUT2D eigenvalue weighted by molar-refractivity contribution is 7.79. The van der Waals surface area contributed by atoms with Crippen LogP contribution < -0.4 is 15.5 Å². The number of nitrogens with zero attached hydrogens (tertiary/aromatic N) is 3. The molecule has 2 aromatic rings. The Labute approximate surface area is 178 Å². The lowest BCUT2D eigenvalue weighted by molar-refractivity contribution is -0.119. The molecule has 0 bridgehead atoms. The number of amides is 2. The van der Waals surface area contributed by atoms with Crippen molar-refractivity contribution >= 4 is 40.1 Å². The first-order chi connectivity index (χ1) is 14.3. The summed E-state index contributed by atoms with van der Waals surface area (Å²) in [6.45, 7) is 2.20. The minimum Gasteiger partial charge on any atom is -0.442 e. The number of benzene rings is 1. The number of nitrogens with one attached hydrogen (secondary N) is 2. The van der Waals surface area contributed by atoms with E-state index in [1.165, 1.54) is 35.3 Å². The highest BCUT2D eigenvalue weighted by atomic mass is 32.2. The molecule has 162 valence electrons. The van der Waals surface area contributed by atoms with Gasteiger partial charge in [0.15, 0.2) is 16.1 Å². The Morgan fingerprint density at radius 2 is 2.27 bits per heavy atom. The molecule has 2 heterocycles. The van der Waals surface area contributed by atoms with Crippen LogP contribution in [0.2, 0.25) is 0 Å². The second-order valence-corrected chi connectivity index (χ2v) is 8.43. The molecule has 30 heavy (non-hydrogen) atoms. The number of halogens is 1. The van der Waals surface area contributed by atoms with Crippen molar-refractivity contribution in [2.24, 2.45) is 0 Å². The van der Waals surface area contributed by atoms with Gasteiger partial charge < -0.3 is 19.9 Å². The molecular formula is C17H20FN5O5S2. The van der Waals surface area contributed by atoms with Crippen LogP contribution in [0.1, 0.15) is 11.9 Å². The predicted octanol–water partition coefficient (Wildman–Crippen LogP) is 1.12. The summed E-state index contributed by atoms with van der Waals surface area (Å²) in [7, 11) is 0. The molecular weight excluding hydrogens is 437 g/mol. The standard InChI is InChI=1S/C17H20FN5O5S2/c1-10(24)20-7-12-8-23(17(25)28-12)11-2-3-13(14(18)6-11)16-22-21-15(29-16)4-5-19-9-30(26)27/h2-3,6,12,19H,4-5,7-9H2,1H3,(H,20,24)(H,26,27)/t12-/m0/s1. The van der Waals surface area contributed by atoms with Crippen molar-refractivity contribution in [2.75, 3.05) is 30.4 Å². The van der Waals surface area contributed by atoms with E-state index in [-0.39, 0.29) is 30.4 Å². The number of carbonyl (C=O) groups excluding carboxylic acids is 2. The fraction of sp³-hybridized carbons (Fsp3) is 0.412. The maximum atomic E-state index is 14.7. The van der Waals surface area contributed by atoms with Gasteiger partial charge in [0.1, 0.15) is 16.9 Å². The number of anilines is 1. The van der Waals surface area contributed by atoms with Crippen LogP contribution in [-0.4, -0.2) is 62.6 Å². The molecule has 13 heteroatoms. The smallest absolute Gasteiger partial charge is 0.414 e. The normalized spacial score (nSPS) is 17.1. The molecule has 10 nitrogen and oxygen atoms in total. The number of rotatable bonds is 9. The van der Waals surface area contributed by atoms with Crippen LogP contribution in [0, 0.1) is 5.82 Å². The van der Waals surface area contributed by atoms with E-state index in [2.05, 4.69) is 20.8 Å². The van der Waals surface area contributed by atoms with Gasteiger partial charge in [0, 0.05) is 25.5 Å². The van der Waals surface area contributed by atoms with E-state index >= 15 is 0 Å². The fourth-order valence-corrected chi connectivity index (χ4v) is 3.94. The quantitative estimate of drug-likeness (QED) is 0.377. The molecule has 0 saturated carbocycles. The van der Waals surface area contributed by atoms with Crippen LogP contribution in [0.15, 0.2) is 18.2 Å². The summed E-state index contributed by atoms with van der Waals surface area (Å²) in [5.41, 5.74) is 0.604. The zero-order chi connectivity index (χ0) is 21.7. The SMILES string of the molecule is CC(=O)NC[C@H]1CN(c2ccc(-c3nnc(CCNCS(=O)O)s3)c(F)c2)C(=O)O1. The summed E-state index contributed by atoms with van der Waals surface area (Å²) in [4.78, 5) is 24.4. The number of cyclic esters (lactones) is 1. The second-order valence-electron chi connectivity index (χ2n) is 6.43. The minimum atomic E-state index is -1.91. The van der Waals surface area contributed by atoms with Gasteiger partial charge in [0.2, 0.25) is 5.91 Å². The Bertz CT molecular complexity index is 956. The lowest BCUT2D eigenvalue weighted by Crippen LogP contribution is -2.33. The molecule has 0 aliphatic carbocycles. The average Bonchev–Trinajstić information content (AvgIpc) is 3.30. The van der Waals surface area contributed by atoms with Gasteiger partial charge in [-0.3, -0.25) is 9.69 Å². The highest BCUT2D eigenvalue weighted by Gasteiger charge is 2.32. The zero-order valence-corrected chi connectivity index (χ0v) is 17.6. The summed E-state index contributed by atoms with van der Waals surface area (Å²) in [5.74, 6) is -0.815. The van der Waals surface area contributed by atoms with E-state index in [0.29, 0.717) is 28.7 Å². The first-order valence-corrected chi connectivity index (χ1v) is 11.1. The van der Waals surface area contributed by atoms with Gasteiger partial charge in [0.05, 0.1) is 24.7 Å². The summed E-state index contributed by atoms with van der Waals surface area (Å²) in [5, 5.41) is 14.5. The van der Waals surface area contributed by atoms with Crippen molar-refractivity contribution < 1.29 is 27.5 Å². The number of hydrogen-bond donors (Lipinski definition) is 3. The van der Waals surface area contributed by atoms with Gasteiger partial charge in [-0.05, 0) is 18.2 Å². The summed E-state index contributed by atoms with van der Waals surface area (Å²) >= 11 is -0.690. The van der Waals surface area contributed by atoms with Crippen LogP contribution in [0.5, 0.6) is 0 Å². The largest absolute Gasteiger partial charge is 0.442 e. The first kappa shape index (κ1) is 22.2. The van der Waals surface area contributed by atoms with Crippen molar-refractivity contribution in [3.8, 4) is 10.6 Å². The first-order valence-electron chi connectivity index (χ1n) is 8.96. The Balaban J connectivity index is 1.64. The van der Waals surface area contributed by atoms with Crippen molar-refractivity contribution in [3.63, 3.8) is 0 Å². The summed E-state index contributed by atoms with van der Waals surface area (Å²) < 4.78 is 39.2. The number of carbonyl (C=O) groups is 2. The van der Waals surface area contributed by atoms with E-state index in [4.69, 9.17) is 9.29 Å². The fourth-order valence-electron chi connectivity index (χ4n) is 2.76. The average molecular weight is 458 g/mol. The van der Waals surface area contributed by atoms with Crippen molar-refractivity contribution in [3.05, 3.63) is 29.0 Å². The van der Waals surface area contributed by atoms with Gasteiger partial charge in [-0.2, -0.15) is 0 Å². The Morgan fingerprint density at radius 1 is 1.47 bits per heavy atom. The van der Waals surface area contributed by atoms with E-state index in [0.717, 1.165) is 0 Å². The number of hydrogen-bond acceptors (Lipinski definition) is 8. The van der Waals surface area contributed by atoms with Gasteiger partial charge in [-0.25, -0.2) is 13.4 Å². The van der Waals surface area contributed by atoms with Crippen molar-refractivity contribution in [1.82, 2.24) is 20.8 Å². The third-order valence-corrected chi connectivity index (χ3v) is 5.62. The van der Waals surface area contributed by atoms with E-state index in [1.54, 1.807) is 6.07 Å². The second kappa shape index (κ2) is 10.0. The molecule has 0 radical (unpaired) electrons. The number of ether oxygens (including phenoxy) is 1. The van der Waals surface area contributed by atoms with Crippen LogP contribution in [-0.2, 0) is 27.0 Å². The molecule has 1 unspecified atom stereocenters. The van der Waals surface area contributed by atoms with Crippen LogP contribution in [0.4, 0.5) is 14.9 Å². The number of aromatic nitrogens is 2. The maximum absolute atomic E-state index is 14.7. The lowest BCUT2D eigenvalue weighted by Gasteiger charge is -2.14. The molecule has 1 saturated heterocycles. The van der Waals surface area contributed by atoms with Gasteiger partial charge in [-0.1, -0.05) is 11.3 Å². The molecule has 2 atom stereocenters. The third kappa shape index (κ3) is 5.78. The molecule has 2 amide bonds. The zero-order valence-electron chi connectivity index (χ0n) is 16.0. The third-order valence-electron chi connectivity index (χ3n) is 4.16. The van der Waals surface area contributed by atoms with Crippen LogP contribution in [0.25, 0.3) is 10.6 Å². The molecule has 3 N–H and O–H groups in total. The van der Waals surface area contributed by atoms with E-state index in [9.17, 15) is 18.2 Å². The Morgan fingerprint density at radius 3 is 2.97 bits per heavy atom. The molecule has 1 aliphatic heterocycles. The van der Waals surface area contributed by atoms with E-state index < -0.39 is 29.1 Å². The van der Waals surface area contributed by atoms with Crippen LogP contribution >= 0.6 is 11.3 Å². The monoisotopic (exact) mass is 457 g/mol. The van der Waals surface area contributed by atoms with Crippen molar-refractivity contribution in [1.29, 1.82) is 0 Å². The molecule has 1 fully saturated rings. The van der Waals surface area contributed by atoms with E-state index in [1.807, 2.05) is 0 Å². The Kier molecular flexibility index (Phi) is 7.42. The summed E-state index contributed by atoms with van der Waals surface area (Å²) in [6.07, 6.45) is -0.622. The van der Waals surface area contributed by atoms with Gasteiger partial charge in [0.25, 0.3) is 0 Å². The molecule has 1 aromatic heterocycles. The summed E-state index contributed by atoms with van der Waals surface area (Å²) in [6, 6.07) is 4.35. The Hall–Kier alpha value is -2.48. The molecule has 1 aromatic carbocycles. The molecule has 3 rings (SSSR count).